The molecule has 1 amide bonds. The van der Waals surface area contributed by atoms with Gasteiger partial charge in [-0.3, -0.25) is 4.79 Å². The van der Waals surface area contributed by atoms with Crippen molar-refractivity contribution in [3.8, 4) is 0 Å². The van der Waals surface area contributed by atoms with Crippen molar-refractivity contribution in [1.82, 2.24) is 10.1 Å². The van der Waals surface area contributed by atoms with Crippen LogP contribution in [0.3, 0.4) is 0 Å². The van der Waals surface area contributed by atoms with Gasteiger partial charge in [-0.15, -0.1) is 0 Å². The first-order chi connectivity index (χ1) is 12.0. The fourth-order valence-corrected chi connectivity index (χ4v) is 3.41. The molecule has 7 nitrogen and oxygen atoms in total. The Morgan fingerprint density at radius 2 is 2.16 bits per heavy atom. The largest absolute Gasteiger partial charge is 0.445 e. The van der Waals surface area contributed by atoms with Gasteiger partial charge in [-0.2, -0.15) is 0 Å². The predicted molar refractivity (Wildman–Crippen MR) is 85.7 cm³/mol. The van der Waals surface area contributed by atoms with Gasteiger partial charge < -0.3 is 19.3 Å². The van der Waals surface area contributed by atoms with E-state index in [1.54, 1.807) is 30.0 Å². The van der Waals surface area contributed by atoms with Gasteiger partial charge in [-0.05, 0) is 18.6 Å². The second kappa shape index (κ2) is 5.70. The summed E-state index contributed by atoms with van der Waals surface area (Å²) in [4.78, 5) is 26.7. The molecule has 1 N–H and O–H groups in total. The molecule has 3 heterocycles. The Hall–Kier alpha value is -2.67. The summed E-state index contributed by atoms with van der Waals surface area (Å²) in [6.45, 7) is 2.45. The minimum Gasteiger partial charge on any atom is -0.445 e. The van der Waals surface area contributed by atoms with Crippen LogP contribution in [0.1, 0.15) is 40.2 Å². The smallest absolute Gasteiger partial charge is 0.339 e. The van der Waals surface area contributed by atoms with Gasteiger partial charge in [0, 0.05) is 31.5 Å². The van der Waals surface area contributed by atoms with Gasteiger partial charge in [0.2, 0.25) is 0 Å². The molecule has 1 unspecified atom stereocenters. The number of fused-ring (bicyclic) bond motifs is 1. The average molecular weight is 342 g/mol. The zero-order valence-corrected chi connectivity index (χ0v) is 13.8. The average Bonchev–Trinajstić information content (AvgIpc) is 3.02. The number of amides is 1. The summed E-state index contributed by atoms with van der Waals surface area (Å²) in [5, 5.41) is 12.9. The summed E-state index contributed by atoms with van der Waals surface area (Å²) in [6, 6.07) is 8.90. The lowest BCUT2D eigenvalue weighted by molar-refractivity contribution is -0.155. The van der Waals surface area contributed by atoms with E-state index in [2.05, 4.69) is 5.16 Å². The van der Waals surface area contributed by atoms with Crippen LogP contribution < -0.4 is 0 Å². The molecule has 130 valence electrons. The summed E-state index contributed by atoms with van der Waals surface area (Å²) in [5.41, 5.74) is 0.893. The molecule has 0 aliphatic carbocycles. The number of rotatable bonds is 3. The molecule has 1 aromatic heterocycles. The van der Waals surface area contributed by atoms with E-state index < -0.39 is 11.6 Å². The first kappa shape index (κ1) is 15.8. The van der Waals surface area contributed by atoms with Crippen molar-refractivity contribution in [3.63, 3.8) is 0 Å². The van der Waals surface area contributed by atoms with Crippen LogP contribution in [0, 0.1) is 0 Å². The van der Waals surface area contributed by atoms with Gasteiger partial charge in [0.1, 0.15) is 6.61 Å². The number of likely N-dealkylation sites (tertiary alicyclic amines) is 1. The molecule has 7 heteroatoms. The third-order valence-electron chi connectivity index (χ3n) is 4.86. The molecule has 2 aliphatic rings. The minimum atomic E-state index is -1.18. The molecule has 1 aromatic carbocycles. The molecule has 1 fully saturated rings. The normalized spacial score (nSPS) is 23.0. The van der Waals surface area contributed by atoms with E-state index in [0.717, 1.165) is 11.3 Å². The van der Waals surface area contributed by atoms with E-state index in [-0.39, 0.29) is 18.4 Å². The Bertz CT molecular complexity index is 839. The molecule has 1 atom stereocenters. The number of hydrogen-bond donors (Lipinski definition) is 1. The van der Waals surface area contributed by atoms with Gasteiger partial charge >= 0.3 is 5.97 Å². The van der Waals surface area contributed by atoms with Crippen LogP contribution in [0.5, 0.6) is 0 Å². The van der Waals surface area contributed by atoms with Crippen LogP contribution >= 0.6 is 0 Å². The second-order valence-electron chi connectivity index (χ2n) is 6.74. The van der Waals surface area contributed by atoms with Crippen LogP contribution in [0.15, 0.2) is 34.9 Å². The number of esters is 1. The number of ether oxygens (including phenoxy) is 1. The van der Waals surface area contributed by atoms with Gasteiger partial charge in [0.05, 0.1) is 11.3 Å². The Kier molecular flexibility index (Phi) is 3.61. The van der Waals surface area contributed by atoms with E-state index in [1.165, 1.54) is 0 Å². The van der Waals surface area contributed by atoms with Crippen molar-refractivity contribution < 1.29 is 24.0 Å². The summed E-state index contributed by atoms with van der Waals surface area (Å²) in [6.07, 6.45) is 0.369. The highest BCUT2D eigenvalue weighted by atomic mass is 16.6. The van der Waals surface area contributed by atoms with Gasteiger partial charge in [0.25, 0.3) is 5.91 Å². The van der Waals surface area contributed by atoms with Crippen molar-refractivity contribution in [3.05, 3.63) is 52.9 Å². The van der Waals surface area contributed by atoms with E-state index in [1.807, 2.05) is 12.1 Å². The van der Waals surface area contributed by atoms with Crippen molar-refractivity contribution in [2.75, 3.05) is 13.1 Å². The van der Waals surface area contributed by atoms with Crippen molar-refractivity contribution in [2.24, 2.45) is 0 Å². The molecule has 2 aliphatic heterocycles. The predicted octanol–water partition coefficient (Wildman–Crippen LogP) is 1.26. The molecular formula is C18H18N2O5. The van der Waals surface area contributed by atoms with Crippen LogP contribution in [0.25, 0.3) is 0 Å². The molecule has 1 saturated heterocycles. The number of aliphatic hydroxyl groups is 1. The summed E-state index contributed by atoms with van der Waals surface area (Å²) in [5.74, 6) is -0.177. The van der Waals surface area contributed by atoms with Crippen molar-refractivity contribution >= 4 is 11.9 Å². The molecule has 4 rings (SSSR count). The number of cyclic esters (lactones) is 1. The highest BCUT2D eigenvalue weighted by Gasteiger charge is 2.48. The molecule has 2 aromatic rings. The van der Waals surface area contributed by atoms with Gasteiger partial charge in [-0.25, -0.2) is 4.79 Å². The Morgan fingerprint density at radius 3 is 2.88 bits per heavy atom. The van der Waals surface area contributed by atoms with Crippen LogP contribution in [-0.2, 0) is 22.6 Å². The van der Waals surface area contributed by atoms with E-state index in [4.69, 9.17) is 14.4 Å². The number of benzene rings is 1. The molecule has 0 spiro atoms. The fraction of sp³-hybridized carbons (Fsp3) is 0.389. The van der Waals surface area contributed by atoms with E-state index in [0.29, 0.717) is 30.8 Å². The van der Waals surface area contributed by atoms with Crippen LogP contribution in [-0.4, -0.2) is 45.7 Å². The maximum absolute atomic E-state index is 12.9. The fourth-order valence-electron chi connectivity index (χ4n) is 3.41. The molecule has 0 bridgehead atoms. The quantitative estimate of drug-likeness (QED) is 0.844. The summed E-state index contributed by atoms with van der Waals surface area (Å²) >= 11 is 0. The van der Waals surface area contributed by atoms with Gasteiger partial charge in [-0.1, -0.05) is 23.4 Å². The zero-order chi connectivity index (χ0) is 17.6. The third-order valence-corrected chi connectivity index (χ3v) is 4.86. The molecule has 25 heavy (non-hydrogen) atoms. The van der Waals surface area contributed by atoms with Gasteiger partial charge in [0.15, 0.2) is 11.4 Å². The number of aliphatic hydroxyl groups excluding tert-OH is 1. The van der Waals surface area contributed by atoms with E-state index >= 15 is 0 Å². The lowest BCUT2D eigenvalue weighted by Crippen LogP contribution is -2.59. The number of carbonyl (C=O) groups excluding carboxylic acids is 2. The van der Waals surface area contributed by atoms with Crippen molar-refractivity contribution in [1.29, 1.82) is 0 Å². The monoisotopic (exact) mass is 342 g/mol. The molecular weight excluding hydrogens is 324 g/mol. The standard InChI is InChI=1S/C18H18N2O5/c1-18(7-11-4-2-3-5-14(11)16(22)24-18)17(23)20-8-12(9-20)15-6-13(10-21)25-19-15/h2-6,12,21H,7-10H2,1H3. The number of carbonyl (C=O) groups is 2. The second-order valence-corrected chi connectivity index (χ2v) is 6.74. The minimum absolute atomic E-state index is 0.0724. The SMILES string of the molecule is CC1(C(=O)N2CC(c3cc(CO)on3)C2)Cc2ccccc2C(=O)O1. The van der Waals surface area contributed by atoms with Crippen LogP contribution in [0.4, 0.5) is 0 Å². The number of hydrogen-bond acceptors (Lipinski definition) is 6. The lowest BCUT2D eigenvalue weighted by atomic mass is 9.86. The van der Waals surface area contributed by atoms with E-state index in [9.17, 15) is 9.59 Å². The maximum Gasteiger partial charge on any atom is 0.339 e. The number of aromatic nitrogens is 1. The lowest BCUT2D eigenvalue weighted by Gasteiger charge is -2.44. The molecule has 0 saturated carbocycles. The first-order valence-electron chi connectivity index (χ1n) is 8.17. The molecule has 0 radical (unpaired) electrons. The zero-order valence-electron chi connectivity index (χ0n) is 13.8. The maximum atomic E-state index is 12.9. The highest BCUT2D eigenvalue weighted by molar-refractivity contribution is 5.97. The Balaban J connectivity index is 1.46. The van der Waals surface area contributed by atoms with Crippen molar-refractivity contribution in [2.45, 2.75) is 31.5 Å². The summed E-state index contributed by atoms with van der Waals surface area (Å²) in [7, 11) is 0. The number of nitrogens with zero attached hydrogens (tertiary/aromatic N) is 2. The Labute approximate surface area is 144 Å². The summed E-state index contributed by atoms with van der Waals surface area (Å²) < 4.78 is 10.5. The third kappa shape index (κ3) is 2.60. The van der Waals surface area contributed by atoms with Crippen LogP contribution in [0.2, 0.25) is 0 Å². The Morgan fingerprint density at radius 1 is 1.40 bits per heavy atom. The highest BCUT2D eigenvalue weighted by Crippen LogP contribution is 2.34. The first-order valence-corrected chi connectivity index (χ1v) is 8.17. The topological polar surface area (TPSA) is 92.9 Å².